The van der Waals surface area contributed by atoms with E-state index in [1.54, 1.807) is 0 Å². The van der Waals surface area contributed by atoms with Gasteiger partial charge in [-0.25, -0.2) is 0 Å². The SMILES string of the molecule is CCn1cc(C2NCc3c(Cl)ccc(Cl)c3-n3cccc32)cn1. The Morgan fingerprint density at radius 2 is 2.09 bits per heavy atom. The van der Waals surface area contributed by atoms with Gasteiger partial charge in [-0.1, -0.05) is 23.2 Å². The third-order valence-electron chi connectivity index (χ3n) is 4.29. The number of rotatable bonds is 2. The fraction of sp³-hybridized carbons (Fsp3) is 0.235. The van der Waals surface area contributed by atoms with E-state index in [-0.39, 0.29) is 6.04 Å². The summed E-state index contributed by atoms with van der Waals surface area (Å²) in [5.41, 5.74) is 4.23. The molecule has 118 valence electrons. The molecule has 1 aliphatic rings. The van der Waals surface area contributed by atoms with Crippen LogP contribution in [0.5, 0.6) is 0 Å². The maximum absolute atomic E-state index is 6.47. The molecule has 1 aliphatic heterocycles. The number of hydrogen-bond acceptors (Lipinski definition) is 2. The normalized spacial score (nSPS) is 16.7. The Bertz CT molecular complexity index is 865. The highest BCUT2D eigenvalue weighted by atomic mass is 35.5. The van der Waals surface area contributed by atoms with Crippen LogP contribution in [0, 0.1) is 0 Å². The van der Waals surface area contributed by atoms with Gasteiger partial charge in [0, 0.05) is 47.3 Å². The first-order valence-corrected chi connectivity index (χ1v) is 8.35. The molecule has 0 saturated carbocycles. The zero-order valence-electron chi connectivity index (χ0n) is 12.6. The van der Waals surface area contributed by atoms with Gasteiger partial charge in [-0.3, -0.25) is 4.68 Å². The molecule has 0 radical (unpaired) electrons. The van der Waals surface area contributed by atoms with E-state index in [1.165, 1.54) is 0 Å². The highest BCUT2D eigenvalue weighted by Crippen LogP contribution is 2.36. The molecule has 0 amide bonds. The molecule has 3 heterocycles. The molecule has 23 heavy (non-hydrogen) atoms. The molecule has 0 fully saturated rings. The lowest BCUT2D eigenvalue weighted by molar-refractivity contribution is 0.598. The maximum atomic E-state index is 6.47. The van der Waals surface area contributed by atoms with Crippen LogP contribution in [-0.4, -0.2) is 14.3 Å². The van der Waals surface area contributed by atoms with Gasteiger partial charge >= 0.3 is 0 Å². The van der Waals surface area contributed by atoms with Crippen LogP contribution >= 0.6 is 23.2 Å². The van der Waals surface area contributed by atoms with Crippen LogP contribution in [0.25, 0.3) is 5.69 Å². The summed E-state index contributed by atoms with van der Waals surface area (Å²) < 4.78 is 4.06. The molecule has 6 heteroatoms. The molecule has 1 aromatic carbocycles. The predicted molar refractivity (Wildman–Crippen MR) is 92.4 cm³/mol. The number of hydrogen-bond donors (Lipinski definition) is 1. The Kier molecular flexibility index (Phi) is 3.68. The fourth-order valence-electron chi connectivity index (χ4n) is 3.14. The summed E-state index contributed by atoms with van der Waals surface area (Å²) in [6.45, 7) is 3.58. The Morgan fingerprint density at radius 1 is 1.26 bits per heavy atom. The number of aromatic nitrogens is 3. The average molecular weight is 347 g/mol. The largest absolute Gasteiger partial charge is 0.317 e. The van der Waals surface area contributed by atoms with Crippen molar-refractivity contribution in [3.05, 3.63) is 69.7 Å². The van der Waals surface area contributed by atoms with Crippen molar-refractivity contribution in [1.29, 1.82) is 0 Å². The quantitative estimate of drug-likeness (QED) is 0.754. The summed E-state index contributed by atoms with van der Waals surface area (Å²) in [6.07, 6.45) is 6.02. The van der Waals surface area contributed by atoms with Gasteiger partial charge in [0.1, 0.15) is 0 Å². The van der Waals surface area contributed by atoms with E-state index in [0.29, 0.717) is 11.6 Å². The molecule has 1 unspecified atom stereocenters. The van der Waals surface area contributed by atoms with Crippen molar-refractivity contribution in [2.24, 2.45) is 0 Å². The van der Waals surface area contributed by atoms with Crippen molar-refractivity contribution in [2.75, 3.05) is 0 Å². The van der Waals surface area contributed by atoms with Crippen LogP contribution < -0.4 is 5.32 Å². The molecule has 4 nitrogen and oxygen atoms in total. The van der Waals surface area contributed by atoms with Crippen molar-refractivity contribution in [3.63, 3.8) is 0 Å². The summed E-state index contributed by atoms with van der Waals surface area (Å²) in [4.78, 5) is 0. The van der Waals surface area contributed by atoms with Crippen molar-refractivity contribution < 1.29 is 0 Å². The molecule has 4 rings (SSSR count). The topological polar surface area (TPSA) is 34.8 Å². The van der Waals surface area contributed by atoms with Crippen LogP contribution in [0.1, 0.15) is 29.8 Å². The molecule has 0 bridgehead atoms. The van der Waals surface area contributed by atoms with E-state index in [4.69, 9.17) is 23.2 Å². The Balaban J connectivity index is 1.88. The third-order valence-corrected chi connectivity index (χ3v) is 4.95. The van der Waals surface area contributed by atoms with E-state index in [2.05, 4.69) is 34.2 Å². The van der Waals surface area contributed by atoms with Gasteiger partial charge in [-0.2, -0.15) is 5.10 Å². The van der Waals surface area contributed by atoms with Crippen LogP contribution in [0.15, 0.2) is 42.9 Å². The van der Waals surface area contributed by atoms with Gasteiger partial charge in [-0.15, -0.1) is 0 Å². The molecular weight excluding hydrogens is 331 g/mol. The first-order valence-electron chi connectivity index (χ1n) is 7.59. The van der Waals surface area contributed by atoms with Crippen molar-refractivity contribution >= 4 is 23.2 Å². The summed E-state index contributed by atoms with van der Waals surface area (Å²) in [7, 11) is 0. The highest BCUT2D eigenvalue weighted by Gasteiger charge is 2.26. The number of nitrogens with one attached hydrogen (secondary N) is 1. The van der Waals surface area contributed by atoms with Gasteiger partial charge in [0.05, 0.1) is 22.9 Å². The summed E-state index contributed by atoms with van der Waals surface area (Å²) >= 11 is 12.9. The van der Waals surface area contributed by atoms with Gasteiger partial charge in [0.15, 0.2) is 0 Å². The smallest absolute Gasteiger partial charge is 0.0768 e. The van der Waals surface area contributed by atoms with Gasteiger partial charge in [-0.05, 0) is 31.2 Å². The van der Waals surface area contributed by atoms with Crippen LogP contribution in [0.3, 0.4) is 0 Å². The Hall–Kier alpha value is -1.75. The summed E-state index contributed by atoms with van der Waals surface area (Å²) in [6, 6.07) is 7.88. The minimum Gasteiger partial charge on any atom is -0.317 e. The van der Waals surface area contributed by atoms with Gasteiger partial charge < -0.3 is 9.88 Å². The molecule has 2 aromatic heterocycles. The highest BCUT2D eigenvalue weighted by molar-refractivity contribution is 6.35. The second kappa shape index (κ2) is 5.71. The molecule has 1 N–H and O–H groups in total. The second-order valence-corrected chi connectivity index (χ2v) is 6.42. The fourth-order valence-corrected chi connectivity index (χ4v) is 3.63. The first kappa shape index (κ1) is 14.8. The van der Waals surface area contributed by atoms with Gasteiger partial charge in [0.2, 0.25) is 0 Å². The molecular formula is C17H16Cl2N4. The second-order valence-electron chi connectivity index (χ2n) is 5.60. The van der Waals surface area contributed by atoms with E-state index < -0.39 is 0 Å². The molecule has 0 aliphatic carbocycles. The predicted octanol–water partition coefficient (Wildman–Crippen LogP) is 4.19. The molecule has 0 saturated heterocycles. The summed E-state index contributed by atoms with van der Waals surface area (Å²) in [5.74, 6) is 0. The number of aryl methyl sites for hydroxylation is 1. The van der Waals surface area contributed by atoms with E-state index >= 15 is 0 Å². The van der Waals surface area contributed by atoms with Crippen LogP contribution in [0.4, 0.5) is 0 Å². The molecule has 0 spiro atoms. The number of nitrogens with zero attached hydrogens (tertiary/aromatic N) is 3. The van der Waals surface area contributed by atoms with Crippen molar-refractivity contribution in [2.45, 2.75) is 26.1 Å². The van der Waals surface area contributed by atoms with Crippen molar-refractivity contribution in [3.8, 4) is 5.69 Å². The van der Waals surface area contributed by atoms with Crippen molar-refractivity contribution in [1.82, 2.24) is 19.7 Å². The number of fused-ring (bicyclic) bond motifs is 3. The summed E-state index contributed by atoms with van der Waals surface area (Å²) in [5, 5.41) is 9.41. The first-order chi connectivity index (χ1) is 11.2. The van der Waals surface area contributed by atoms with Crippen LogP contribution in [0.2, 0.25) is 10.0 Å². The van der Waals surface area contributed by atoms with Gasteiger partial charge in [0.25, 0.3) is 0 Å². The Morgan fingerprint density at radius 3 is 2.87 bits per heavy atom. The average Bonchev–Trinajstić information content (AvgIpc) is 3.18. The lowest BCUT2D eigenvalue weighted by Crippen LogP contribution is -2.21. The standard InChI is InChI=1S/C17H16Cl2N4/c1-2-22-10-11(8-21-22)16-15-4-3-7-23(15)17-12(9-20-16)13(18)5-6-14(17)19/h3-8,10,16,20H,2,9H2,1H3. The van der Waals surface area contributed by atoms with E-state index in [0.717, 1.165) is 34.1 Å². The third kappa shape index (κ3) is 2.38. The molecule has 1 atom stereocenters. The lowest BCUT2D eigenvalue weighted by Gasteiger charge is -2.16. The zero-order chi connectivity index (χ0) is 16.0. The minimum atomic E-state index is 0.0461. The monoisotopic (exact) mass is 346 g/mol. The number of benzene rings is 1. The Labute approximate surface area is 144 Å². The van der Waals surface area contributed by atoms with E-state index in [1.807, 2.05) is 35.3 Å². The molecule has 3 aromatic rings. The zero-order valence-corrected chi connectivity index (χ0v) is 14.1. The number of halogens is 2. The lowest BCUT2D eigenvalue weighted by atomic mass is 10.1. The maximum Gasteiger partial charge on any atom is 0.0768 e. The minimum absolute atomic E-state index is 0.0461. The van der Waals surface area contributed by atoms with Crippen LogP contribution in [-0.2, 0) is 13.1 Å². The van der Waals surface area contributed by atoms with E-state index in [9.17, 15) is 0 Å².